The average Bonchev–Trinajstić information content (AvgIpc) is 2.73. The zero-order valence-electron chi connectivity index (χ0n) is 13.1. The highest BCUT2D eigenvalue weighted by atomic mass is 16.3. The molecular formula is C19H26O2. The van der Waals surface area contributed by atoms with Crippen LogP contribution in [-0.2, 0) is 11.8 Å². The molecule has 0 aromatic heterocycles. The van der Waals surface area contributed by atoms with Crippen LogP contribution in [0.1, 0.15) is 57.1 Å². The lowest BCUT2D eigenvalue weighted by Gasteiger charge is -2.55. The Morgan fingerprint density at radius 2 is 1.95 bits per heavy atom. The van der Waals surface area contributed by atoms with Crippen LogP contribution < -0.4 is 0 Å². The number of fused-ring (bicyclic) bond motifs is 5. The summed E-state index contributed by atoms with van der Waals surface area (Å²) in [5.74, 6) is 1.74. The number of phenols is 1. The molecule has 1 aromatic rings. The van der Waals surface area contributed by atoms with Gasteiger partial charge < -0.3 is 10.2 Å². The third-order valence-corrected chi connectivity index (χ3v) is 7.07. The van der Waals surface area contributed by atoms with Gasteiger partial charge in [0.2, 0.25) is 0 Å². The van der Waals surface area contributed by atoms with E-state index in [1.54, 1.807) is 0 Å². The Labute approximate surface area is 127 Å². The topological polar surface area (TPSA) is 40.5 Å². The first kappa shape index (κ1) is 13.6. The molecule has 21 heavy (non-hydrogen) atoms. The highest BCUT2D eigenvalue weighted by Crippen LogP contribution is 2.63. The minimum absolute atomic E-state index is 0.0939. The minimum atomic E-state index is -0.0939. The van der Waals surface area contributed by atoms with Crippen LogP contribution >= 0.6 is 0 Å². The summed E-state index contributed by atoms with van der Waals surface area (Å²) in [6.07, 6.45) is 6.62. The van der Waals surface area contributed by atoms with Crippen molar-refractivity contribution in [3.63, 3.8) is 0 Å². The Balaban J connectivity index is 1.78. The van der Waals surface area contributed by atoms with Crippen LogP contribution in [0.2, 0.25) is 0 Å². The lowest BCUT2D eigenvalue weighted by molar-refractivity contribution is 0.0141. The van der Waals surface area contributed by atoms with Crippen LogP contribution in [0.5, 0.6) is 5.75 Å². The Morgan fingerprint density at radius 3 is 2.76 bits per heavy atom. The van der Waals surface area contributed by atoms with Crippen molar-refractivity contribution in [2.75, 3.05) is 0 Å². The van der Waals surface area contributed by atoms with E-state index >= 15 is 0 Å². The molecule has 1 aromatic carbocycles. The standard InChI is InChI=1S/C19H26O2/c1-18-7-8-19(2)15-6-4-13(20)9-12(15)3-5-16(19)17(18)10-14(21)11-18/h4,6,9,14,16-17,20-21H,3,5,7-8,10-11H2,1-2H3/t14-,16+,17+,18-,19-/m1/s1. The molecular weight excluding hydrogens is 260 g/mol. The second-order valence-electron chi connectivity index (χ2n) is 8.26. The number of aliphatic hydroxyl groups excluding tert-OH is 1. The van der Waals surface area contributed by atoms with Crippen molar-refractivity contribution < 1.29 is 10.2 Å². The van der Waals surface area contributed by atoms with E-state index in [4.69, 9.17) is 0 Å². The van der Waals surface area contributed by atoms with Gasteiger partial charge in [0, 0.05) is 0 Å². The first-order chi connectivity index (χ1) is 9.92. The fourth-order valence-electron chi connectivity index (χ4n) is 5.97. The molecule has 0 radical (unpaired) electrons. The first-order valence-corrected chi connectivity index (χ1v) is 8.43. The summed E-state index contributed by atoms with van der Waals surface area (Å²) in [6.45, 7) is 4.83. The summed E-state index contributed by atoms with van der Waals surface area (Å²) in [7, 11) is 0. The second-order valence-corrected chi connectivity index (χ2v) is 8.26. The van der Waals surface area contributed by atoms with Crippen LogP contribution in [0.15, 0.2) is 18.2 Å². The van der Waals surface area contributed by atoms with Crippen LogP contribution in [0, 0.1) is 17.3 Å². The molecule has 2 N–H and O–H groups in total. The van der Waals surface area contributed by atoms with Crippen molar-refractivity contribution in [2.24, 2.45) is 17.3 Å². The lowest BCUT2D eigenvalue weighted by Crippen LogP contribution is -2.49. The number of hydrogen-bond acceptors (Lipinski definition) is 2. The van der Waals surface area contributed by atoms with Crippen molar-refractivity contribution >= 4 is 0 Å². The zero-order chi connectivity index (χ0) is 14.8. The SMILES string of the molecule is C[C@]12CC[C@]3(C)c4ccc(O)cc4CC[C@H]3[C@@H]1C[C@@H](O)C2. The van der Waals surface area contributed by atoms with E-state index in [0.29, 0.717) is 23.0 Å². The summed E-state index contributed by atoms with van der Waals surface area (Å²) < 4.78 is 0. The predicted octanol–water partition coefficient (Wildman–Crippen LogP) is 3.78. The second kappa shape index (κ2) is 4.25. The molecule has 0 bridgehead atoms. The van der Waals surface area contributed by atoms with Gasteiger partial charge in [-0.2, -0.15) is 0 Å². The molecule has 0 amide bonds. The maximum atomic E-state index is 10.2. The van der Waals surface area contributed by atoms with Crippen molar-refractivity contribution in [1.29, 1.82) is 0 Å². The molecule has 2 heteroatoms. The van der Waals surface area contributed by atoms with E-state index in [1.807, 2.05) is 12.1 Å². The first-order valence-electron chi connectivity index (χ1n) is 8.43. The van der Waals surface area contributed by atoms with Crippen LogP contribution in [0.4, 0.5) is 0 Å². The highest BCUT2D eigenvalue weighted by Gasteiger charge is 2.57. The number of phenolic OH excluding ortho intramolecular Hbond substituents is 1. The Kier molecular flexibility index (Phi) is 2.76. The van der Waals surface area contributed by atoms with Gasteiger partial charge in [-0.05, 0) is 84.5 Å². The van der Waals surface area contributed by atoms with Gasteiger partial charge >= 0.3 is 0 Å². The van der Waals surface area contributed by atoms with Crippen LogP contribution in [0.3, 0.4) is 0 Å². The summed E-state index contributed by atoms with van der Waals surface area (Å²) in [6, 6.07) is 5.97. The normalized spacial score (nSPS) is 44.8. The Bertz CT molecular complexity index is 581. The molecule has 3 aliphatic rings. The monoisotopic (exact) mass is 286 g/mol. The summed E-state index contributed by atoms with van der Waals surface area (Å²) in [5.41, 5.74) is 3.38. The quantitative estimate of drug-likeness (QED) is 0.762. The molecule has 0 aliphatic heterocycles. The van der Waals surface area contributed by atoms with Crippen molar-refractivity contribution in [3.8, 4) is 5.75 Å². The van der Waals surface area contributed by atoms with E-state index in [0.717, 1.165) is 19.3 Å². The van der Waals surface area contributed by atoms with Crippen LogP contribution in [0.25, 0.3) is 0 Å². The van der Waals surface area contributed by atoms with Gasteiger partial charge in [0.05, 0.1) is 6.10 Å². The summed E-state index contributed by atoms with van der Waals surface area (Å²) >= 11 is 0. The summed E-state index contributed by atoms with van der Waals surface area (Å²) in [5, 5.41) is 20.0. The fraction of sp³-hybridized carbons (Fsp3) is 0.684. The smallest absolute Gasteiger partial charge is 0.115 e. The molecule has 2 nitrogen and oxygen atoms in total. The van der Waals surface area contributed by atoms with E-state index in [-0.39, 0.29) is 11.5 Å². The van der Waals surface area contributed by atoms with Gasteiger partial charge in [-0.25, -0.2) is 0 Å². The third kappa shape index (κ3) is 1.81. The van der Waals surface area contributed by atoms with Crippen LogP contribution in [-0.4, -0.2) is 16.3 Å². The van der Waals surface area contributed by atoms with E-state index in [1.165, 1.54) is 30.4 Å². The van der Waals surface area contributed by atoms with Gasteiger partial charge in [0.1, 0.15) is 5.75 Å². The molecule has 3 aliphatic carbocycles. The minimum Gasteiger partial charge on any atom is -0.508 e. The molecule has 0 saturated heterocycles. The van der Waals surface area contributed by atoms with Gasteiger partial charge in [0.25, 0.3) is 0 Å². The largest absolute Gasteiger partial charge is 0.508 e. The van der Waals surface area contributed by atoms with Gasteiger partial charge in [-0.1, -0.05) is 19.9 Å². The maximum absolute atomic E-state index is 10.2. The molecule has 5 atom stereocenters. The number of aromatic hydroxyl groups is 1. The number of benzene rings is 1. The molecule has 114 valence electrons. The van der Waals surface area contributed by atoms with E-state index in [9.17, 15) is 10.2 Å². The maximum Gasteiger partial charge on any atom is 0.115 e. The Hall–Kier alpha value is -1.02. The Morgan fingerprint density at radius 1 is 1.14 bits per heavy atom. The lowest BCUT2D eigenvalue weighted by atomic mass is 9.49. The fourth-order valence-corrected chi connectivity index (χ4v) is 5.97. The summed E-state index contributed by atoms with van der Waals surface area (Å²) in [4.78, 5) is 0. The number of hydrogen-bond donors (Lipinski definition) is 2. The average molecular weight is 286 g/mol. The van der Waals surface area contributed by atoms with Gasteiger partial charge in [-0.15, -0.1) is 0 Å². The molecule has 2 saturated carbocycles. The van der Waals surface area contributed by atoms with E-state index < -0.39 is 0 Å². The van der Waals surface area contributed by atoms with Gasteiger partial charge in [-0.3, -0.25) is 0 Å². The van der Waals surface area contributed by atoms with Crippen molar-refractivity contribution in [3.05, 3.63) is 29.3 Å². The number of rotatable bonds is 0. The van der Waals surface area contributed by atoms with Crippen molar-refractivity contribution in [1.82, 2.24) is 0 Å². The molecule has 0 heterocycles. The van der Waals surface area contributed by atoms with E-state index in [2.05, 4.69) is 19.9 Å². The molecule has 0 unspecified atom stereocenters. The van der Waals surface area contributed by atoms with Crippen molar-refractivity contribution in [2.45, 2.75) is 63.9 Å². The molecule has 0 spiro atoms. The molecule has 4 rings (SSSR count). The number of aryl methyl sites for hydroxylation is 1. The van der Waals surface area contributed by atoms with Gasteiger partial charge in [0.15, 0.2) is 0 Å². The number of aliphatic hydroxyl groups is 1. The molecule has 2 fully saturated rings. The highest BCUT2D eigenvalue weighted by molar-refractivity contribution is 5.43. The predicted molar refractivity (Wildman–Crippen MR) is 83.3 cm³/mol. The third-order valence-electron chi connectivity index (χ3n) is 7.07. The zero-order valence-corrected chi connectivity index (χ0v) is 13.1.